The molecule has 0 amide bonds. The molecule has 132 valence electrons. The molecule has 0 bridgehead atoms. The third kappa shape index (κ3) is 2.27. The molecule has 0 saturated heterocycles. The van der Waals surface area contributed by atoms with Gasteiger partial charge in [0.2, 0.25) is 0 Å². The molecule has 2 N–H and O–H groups in total. The minimum absolute atomic E-state index is 0.396. The quantitative estimate of drug-likeness (QED) is 0.752. The van der Waals surface area contributed by atoms with Crippen LogP contribution in [-0.4, -0.2) is 22.4 Å². The van der Waals surface area contributed by atoms with Crippen molar-refractivity contribution >= 4 is 0 Å². The summed E-state index contributed by atoms with van der Waals surface area (Å²) >= 11 is 0. The van der Waals surface area contributed by atoms with Gasteiger partial charge in [0, 0.05) is 6.61 Å². The fourth-order valence-electron chi connectivity index (χ4n) is 7.84. The molecule has 2 unspecified atom stereocenters. The SMILES string of the molecule is CC1(O)CC[C@@]2(C)[C@@H](CC[C@@H]3[C@@H]2CC[C@]2(C)C(CO)CC[C@@H]32)C1. The summed E-state index contributed by atoms with van der Waals surface area (Å²) in [5.41, 5.74) is 0.443. The van der Waals surface area contributed by atoms with E-state index in [-0.39, 0.29) is 0 Å². The second kappa shape index (κ2) is 5.21. The van der Waals surface area contributed by atoms with Gasteiger partial charge in [0.1, 0.15) is 0 Å². The van der Waals surface area contributed by atoms with E-state index in [1.54, 1.807) is 0 Å². The highest BCUT2D eigenvalue weighted by Crippen LogP contribution is 2.67. The van der Waals surface area contributed by atoms with Gasteiger partial charge in [-0.1, -0.05) is 13.8 Å². The average molecular weight is 321 g/mol. The van der Waals surface area contributed by atoms with Crippen molar-refractivity contribution in [3.8, 4) is 0 Å². The Balaban J connectivity index is 1.60. The van der Waals surface area contributed by atoms with Crippen molar-refractivity contribution in [1.82, 2.24) is 0 Å². The number of aliphatic hydroxyl groups is 2. The van der Waals surface area contributed by atoms with Crippen molar-refractivity contribution in [2.75, 3.05) is 6.61 Å². The zero-order valence-electron chi connectivity index (χ0n) is 15.4. The maximum Gasteiger partial charge on any atom is 0.0622 e. The van der Waals surface area contributed by atoms with Crippen LogP contribution in [0.5, 0.6) is 0 Å². The third-order valence-electron chi connectivity index (χ3n) is 9.37. The fourth-order valence-corrected chi connectivity index (χ4v) is 7.84. The average Bonchev–Trinajstić information content (AvgIpc) is 2.84. The molecule has 4 rings (SSSR count). The van der Waals surface area contributed by atoms with Crippen LogP contribution in [0.3, 0.4) is 0 Å². The van der Waals surface area contributed by atoms with Crippen LogP contribution in [-0.2, 0) is 0 Å². The molecule has 2 nitrogen and oxygen atoms in total. The molecular weight excluding hydrogens is 284 g/mol. The molecule has 4 aliphatic carbocycles. The van der Waals surface area contributed by atoms with E-state index >= 15 is 0 Å². The van der Waals surface area contributed by atoms with Gasteiger partial charge in [0.15, 0.2) is 0 Å². The van der Waals surface area contributed by atoms with Crippen LogP contribution in [0.2, 0.25) is 0 Å². The lowest BCUT2D eigenvalue weighted by Crippen LogP contribution is -2.55. The predicted octanol–water partition coefficient (Wildman–Crippen LogP) is 4.39. The standard InChI is InChI=1S/C21H36O2/c1-19(23)10-11-21(3)14(12-19)4-6-16-17-7-5-15(13-22)20(17,2)9-8-18(16)21/h14-18,22-23H,4-13H2,1-3H3/t14-,15?,16-,17-,18-,19?,20+,21-/m0/s1. The van der Waals surface area contributed by atoms with E-state index in [2.05, 4.69) is 20.8 Å². The maximum atomic E-state index is 10.6. The molecule has 0 spiro atoms. The van der Waals surface area contributed by atoms with Gasteiger partial charge >= 0.3 is 0 Å². The summed E-state index contributed by atoms with van der Waals surface area (Å²) in [5.74, 6) is 3.87. The summed E-state index contributed by atoms with van der Waals surface area (Å²) in [6, 6.07) is 0. The first kappa shape index (κ1) is 16.4. The van der Waals surface area contributed by atoms with E-state index in [1.165, 1.54) is 44.9 Å². The molecule has 8 atom stereocenters. The Morgan fingerprint density at radius 1 is 0.826 bits per heavy atom. The normalized spacial score (nSPS) is 59.1. The highest BCUT2D eigenvalue weighted by molar-refractivity contribution is 5.10. The van der Waals surface area contributed by atoms with Gasteiger partial charge < -0.3 is 10.2 Å². The summed E-state index contributed by atoms with van der Waals surface area (Å²) in [6.07, 6.45) is 11.2. The summed E-state index contributed by atoms with van der Waals surface area (Å²) < 4.78 is 0. The molecular formula is C21H36O2. The number of rotatable bonds is 1. The lowest BCUT2D eigenvalue weighted by atomic mass is 9.44. The summed E-state index contributed by atoms with van der Waals surface area (Å²) in [7, 11) is 0. The first-order valence-electron chi connectivity index (χ1n) is 10.1. The van der Waals surface area contributed by atoms with Gasteiger partial charge in [-0.25, -0.2) is 0 Å². The maximum absolute atomic E-state index is 10.6. The Bertz CT molecular complexity index is 472. The van der Waals surface area contributed by atoms with Crippen molar-refractivity contribution in [3.05, 3.63) is 0 Å². The van der Waals surface area contributed by atoms with Gasteiger partial charge in [0.25, 0.3) is 0 Å². The van der Waals surface area contributed by atoms with Gasteiger partial charge in [-0.2, -0.15) is 0 Å². The third-order valence-corrected chi connectivity index (χ3v) is 9.37. The molecule has 2 heteroatoms. The number of hydrogen-bond acceptors (Lipinski definition) is 2. The van der Waals surface area contributed by atoms with E-state index in [4.69, 9.17) is 0 Å². The Morgan fingerprint density at radius 2 is 1.57 bits per heavy atom. The van der Waals surface area contributed by atoms with E-state index in [0.29, 0.717) is 23.4 Å². The molecule has 0 aliphatic heterocycles. The Morgan fingerprint density at radius 3 is 2.30 bits per heavy atom. The van der Waals surface area contributed by atoms with Gasteiger partial charge in [-0.3, -0.25) is 0 Å². The summed E-state index contributed by atoms with van der Waals surface area (Å²) in [6.45, 7) is 7.50. The van der Waals surface area contributed by atoms with Gasteiger partial charge in [0.05, 0.1) is 5.60 Å². The molecule has 23 heavy (non-hydrogen) atoms. The molecule has 4 fully saturated rings. The van der Waals surface area contributed by atoms with E-state index in [1.807, 2.05) is 0 Å². The van der Waals surface area contributed by atoms with Gasteiger partial charge in [-0.05, 0) is 105 Å². The molecule has 0 heterocycles. The van der Waals surface area contributed by atoms with E-state index in [0.717, 1.165) is 36.5 Å². The highest BCUT2D eigenvalue weighted by Gasteiger charge is 2.60. The van der Waals surface area contributed by atoms with Crippen molar-refractivity contribution in [1.29, 1.82) is 0 Å². The van der Waals surface area contributed by atoms with Crippen LogP contribution in [0.15, 0.2) is 0 Å². The van der Waals surface area contributed by atoms with E-state index in [9.17, 15) is 10.2 Å². The number of aliphatic hydroxyl groups excluding tert-OH is 1. The zero-order chi connectivity index (χ0) is 16.5. The fraction of sp³-hybridized carbons (Fsp3) is 1.00. The second-order valence-corrected chi connectivity index (χ2v) is 10.4. The lowest BCUT2D eigenvalue weighted by molar-refractivity contribution is -0.147. The Labute approximate surface area is 142 Å². The van der Waals surface area contributed by atoms with Crippen molar-refractivity contribution in [2.24, 2.45) is 40.4 Å². The van der Waals surface area contributed by atoms with Crippen LogP contribution >= 0.6 is 0 Å². The van der Waals surface area contributed by atoms with E-state index < -0.39 is 5.60 Å². The highest BCUT2D eigenvalue weighted by atomic mass is 16.3. The molecule has 0 radical (unpaired) electrons. The molecule has 0 aromatic carbocycles. The minimum Gasteiger partial charge on any atom is -0.396 e. The Hall–Kier alpha value is -0.0800. The molecule has 4 aliphatic rings. The van der Waals surface area contributed by atoms with Crippen molar-refractivity contribution in [2.45, 2.75) is 84.2 Å². The Kier molecular flexibility index (Phi) is 3.71. The number of hydrogen-bond donors (Lipinski definition) is 2. The largest absolute Gasteiger partial charge is 0.396 e. The second-order valence-electron chi connectivity index (χ2n) is 10.4. The molecule has 0 aromatic rings. The van der Waals surface area contributed by atoms with Crippen molar-refractivity contribution in [3.63, 3.8) is 0 Å². The van der Waals surface area contributed by atoms with Crippen LogP contribution < -0.4 is 0 Å². The molecule has 0 aromatic heterocycles. The first-order valence-corrected chi connectivity index (χ1v) is 10.1. The molecule has 4 saturated carbocycles. The lowest BCUT2D eigenvalue weighted by Gasteiger charge is -2.61. The number of fused-ring (bicyclic) bond motifs is 5. The topological polar surface area (TPSA) is 40.5 Å². The first-order chi connectivity index (χ1) is 10.8. The van der Waals surface area contributed by atoms with Crippen LogP contribution in [0.4, 0.5) is 0 Å². The minimum atomic E-state index is -0.421. The predicted molar refractivity (Wildman–Crippen MR) is 92.9 cm³/mol. The zero-order valence-corrected chi connectivity index (χ0v) is 15.4. The summed E-state index contributed by atoms with van der Waals surface area (Å²) in [5, 5.41) is 20.4. The van der Waals surface area contributed by atoms with Crippen molar-refractivity contribution < 1.29 is 10.2 Å². The van der Waals surface area contributed by atoms with Crippen LogP contribution in [0.1, 0.15) is 78.6 Å². The van der Waals surface area contributed by atoms with Crippen LogP contribution in [0, 0.1) is 40.4 Å². The van der Waals surface area contributed by atoms with Gasteiger partial charge in [-0.15, -0.1) is 0 Å². The monoisotopic (exact) mass is 320 g/mol. The smallest absolute Gasteiger partial charge is 0.0622 e. The summed E-state index contributed by atoms with van der Waals surface area (Å²) in [4.78, 5) is 0. The van der Waals surface area contributed by atoms with Crippen LogP contribution in [0.25, 0.3) is 0 Å².